The highest BCUT2D eigenvalue weighted by atomic mass is 16.2. The number of hydrogen-bond donors (Lipinski definition) is 1. The van der Waals surface area contributed by atoms with Gasteiger partial charge >= 0.3 is 0 Å². The maximum atomic E-state index is 12.4. The van der Waals surface area contributed by atoms with Crippen LogP contribution in [0.4, 0.5) is 0 Å². The molecule has 2 aromatic heterocycles. The minimum Gasteiger partial charge on any atom is -0.356 e. The highest BCUT2D eigenvalue weighted by Crippen LogP contribution is 2.28. The summed E-state index contributed by atoms with van der Waals surface area (Å²) in [5.41, 5.74) is 4.98. The molecular weight excluding hydrogens is 402 g/mol. The maximum absolute atomic E-state index is 12.4. The van der Waals surface area contributed by atoms with Crippen LogP contribution in [0.2, 0.25) is 0 Å². The van der Waals surface area contributed by atoms with Crippen molar-refractivity contribution in [1.82, 2.24) is 24.8 Å². The first-order valence-corrected chi connectivity index (χ1v) is 12.4. The Morgan fingerprint density at radius 2 is 1.94 bits per heavy atom. The monoisotopic (exact) mass is 439 g/mol. The van der Waals surface area contributed by atoms with Crippen LogP contribution < -0.4 is 5.32 Å². The zero-order valence-electron chi connectivity index (χ0n) is 19.8. The van der Waals surface area contributed by atoms with E-state index in [0.717, 1.165) is 54.3 Å². The fourth-order valence-electron chi connectivity index (χ4n) is 5.33. The van der Waals surface area contributed by atoms with E-state index in [1.807, 2.05) is 23.3 Å². The van der Waals surface area contributed by atoms with Gasteiger partial charge in [-0.25, -0.2) is 9.50 Å². The lowest BCUT2D eigenvalue weighted by Gasteiger charge is -2.21. The van der Waals surface area contributed by atoms with Crippen LogP contribution in [0.5, 0.6) is 0 Å². The van der Waals surface area contributed by atoms with Gasteiger partial charge in [-0.1, -0.05) is 26.2 Å². The summed E-state index contributed by atoms with van der Waals surface area (Å²) in [7, 11) is 0. The molecule has 2 fully saturated rings. The lowest BCUT2D eigenvalue weighted by Crippen LogP contribution is -2.30. The molecule has 7 nitrogen and oxygen atoms in total. The quantitative estimate of drug-likeness (QED) is 0.713. The molecule has 0 bridgehead atoms. The number of nitrogens with one attached hydrogen (secondary N) is 1. The summed E-state index contributed by atoms with van der Waals surface area (Å²) in [4.78, 5) is 31.2. The summed E-state index contributed by atoms with van der Waals surface area (Å²) in [6.45, 7) is 8.35. The van der Waals surface area contributed by atoms with E-state index in [4.69, 9.17) is 10.1 Å². The Balaban J connectivity index is 1.40. The zero-order valence-corrected chi connectivity index (χ0v) is 19.8. The van der Waals surface area contributed by atoms with Gasteiger partial charge in [0, 0.05) is 55.8 Å². The fourth-order valence-corrected chi connectivity index (χ4v) is 5.33. The molecule has 0 aromatic carbocycles. The van der Waals surface area contributed by atoms with Crippen molar-refractivity contribution in [3.63, 3.8) is 0 Å². The molecule has 1 atom stereocenters. The average molecular weight is 440 g/mol. The van der Waals surface area contributed by atoms with Crippen molar-refractivity contribution in [2.45, 2.75) is 84.5 Å². The van der Waals surface area contributed by atoms with Crippen LogP contribution in [0.3, 0.4) is 0 Å². The topological polar surface area (TPSA) is 79.6 Å². The molecule has 1 unspecified atom stereocenters. The Morgan fingerprint density at radius 1 is 1.16 bits per heavy atom. The third-order valence-corrected chi connectivity index (χ3v) is 7.36. The molecule has 1 aliphatic heterocycles. The summed E-state index contributed by atoms with van der Waals surface area (Å²) in [6.07, 6.45) is 9.06. The van der Waals surface area contributed by atoms with Crippen molar-refractivity contribution < 1.29 is 9.59 Å². The van der Waals surface area contributed by atoms with Crippen LogP contribution in [0, 0.1) is 19.8 Å². The van der Waals surface area contributed by atoms with E-state index < -0.39 is 0 Å². The van der Waals surface area contributed by atoms with Crippen molar-refractivity contribution >= 4 is 17.5 Å². The molecule has 1 saturated carbocycles. The Bertz CT molecular complexity index is 976. The van der Waals surface area contributed by atoms with Crippen LogP contribution in [0.15, 0.2) is 6.07 Å². The lowest BCUT2D eigenvalue weighted by molar-refractivity contribution is -0.129. The van der Waals surface area contributed by atoms with Crippen molar-refractivity contribution in [3.8, 4) is 0 Å². The van der Waals surface area contributed by atoms with E-state index in [2.05, 4.69) is 18.3 Å². The fraction of sp³-hybridized carbons (Fsp3) is 0.680. The van der Waals surface area contributed by atoms with Gasteiger partial charge in [0.15, 0.2) is 5.65 Å². The molecule has 2 aromatic rings. The number of rotatable bonds is 7. The van der Waals surface area contributed by atoms with Crippen LogP contribution >= 0.6 is 0 Å². The number of fused-ring (bicyclic) bond motifs is 1. The number of aryl methyl sites for hydroxylation is 2. The predicted molar refractivity (Wildman–Crippen MR) is 125 cm³/mol. The second-order valence-electron chi connectivity index (χ2n) is 9.59. The Hall–Kier alpha value is -2.44. The number of nitrogens with zero attached hydrogens (tertiary/aromatic N) is 4. The first-order valence-electron chi connectivity index (χ1n) is 12.4. The number of likely N-dealkylation sites (tertiary alicyclic amines) is 1. The van der Waals surface area contributed by atoms with Gasteiger partial charge in [-0.3, -0.25) is 9.59 Å². The molecule has 7 heteroatoms. The first-order chi connectivity index (χ1) is 15.5. The van der Waals surface area contributed by atoms with Gasteiger partial charge in [-0.15, -0.1) is 0 Å². The zero-order chi connectivity index (χ0) is 22.7. The van der Waals surface area contributed by atoms with Gasteiger partial charge < -0.3 is 10.2 Å². The number of carbonyl (C=O) groups excluding carboxylic acids is 2. The Labute approximate surface area is 191 Å². The smallest absolute Gasteiger partial charge is 0.222 e. The minimum atomic E-state index is 0.127. The van der Waals surface area contributed by atoms with Crippen molar-refractivity contribution in [2.75, 3.05) is 19.6 Å². The molecule has 0 spiro atoms. The standard InChI is InChI=1S/C25H37N5O2/c1-4-25(32)29-13-12-20(16-29)22-14-23-27-17(2)21(18(3)30(23)28-22)10-11-24(31)26-15-19-8-6-5-7-9-19/h14,19-20H,4-13,15-16H2,1-3H3,(H,26,31). The molecule has 0 radical (unpaired) electrons. The predicted octanol–water partition coefficient (Wildman–Crippen LogP) is 3.70. The lowest BCUT2D eigenvalue weighted by atomic mass is 9.89. The number of carbonyl (C=O) groups is 2. The SMILES string of the molecule is CCC(=O)N1CCC(c2cc3nc(C)c(CCC(=O)NCC4CCCCC4)c(C)n3n2)C1. The average Bonchev–Trinajstić information content (AvgIpc) is 3.45. The molecule has 32 heavy (non-hydrogen) atoms. The van der Waals surface area contributed by atoms with Gasteiger partial charge in [-0.2, -0.15) is 5.10 Å². The highest BCUT2D eigenvalue weighted by molar-refractivity contribution is 5.76. The molecule has 1 aliphatic carbocycles. The second kappa shape index (κ2) is 10.0. The van der Waals surface area contributed by atoms with Crippen LogP contribution in [-0.2, 0) is 16.0 Å². The summed E-state index contributed by atoms with van der Waals surface area (Å²) < 4.78 is 1.92. The van der Waals surface area contributed by atoms with Gasteiger partial charge in [0.2, 0.25) is 11.8 Å². The van der Waals surface area contributed by atoms with Crippen LogP contribution in [-0.4, -0.2) is 50.9 Å². The summed E-state index contributed by atoms with van der Waals surface area (Å²) in [5, 5.41) is 8.00. The third kappa shape index (κ3) is 4.97. The summed E-state index contributed by atoms with van der Waals surface area (Å²) >= 11 is 0. The van der Waals surface area contributed by atoms with Gasteiger partial charge in [0.05, 0.1) is 5.69 Å². The molecule has 1 saturated heterocycles. The highest BCUT2D eigenvalue weighted by Gasteiger charge is 2.28. The third-order valence-electron chi connectivity index (χ3n) is 7.36. The molecule has 2 aliphatic rings. The minimum absolute atomic E-state index is 0.127. The Kier molecular flexibility index (Phi) is 7.11. The van der Waals surface area contributed by atoms with Crippen LogP contribution in [0.25, 0.3) is 5.65 Å². The van der Waals surface area contributed by atoms with Gasteiger partial charge in [-0.05, 0) is 51.0 Å². The molecule has 4 rings (SSSR count). The van der Waals surface area contributed by atoms with E-state index >= 15 is 0 Å². The Morgan fingerprint density at radius 3 is 2.69 bits per heavy atom. The molecule has 3 heterocycles. The normalized spacial score (nSPS) is 19.6. The molecule has 174 valence electrons. The van der Waals surface area contributed by atoms with E-state index in [9.17, 15) is 9.59 Å². The van der Waals surface area contributed by atoms with E-state index in [1.54, 1.807) is 0 Å². The summed E-state index contributed by atoms with van der Waals surface area (Å²) in [6, 6.07) is 2.06. The largest absolute Gasteiger partial charge is 0.356 e. The van der Waals surface area contributed by atoms with E-state index in [-0.39, 0.29) is 17.7 Å². The maximum Gasteiger partial charge on any atom is 0.222 e. The van der Waals surface area contributed by atoms with E-state index in [0.29, 0.717) is 25.2 Å². The second-order valence-corrected chi connectivity index (χ2v) is 9.59. The van der Waals surface area contributed by atoms with Crippen molar-refractivity contribution in [2.24, 2.45) is 5.92 Å². The van der Waals surface area contributed by atoms with Gasteiger partial charge in [0.1, 0.15) is 0 Å². The molecular formula is C25H37N5O2. The number of aromatic nitrogens is 3. The first kappa shape index (κ1) is 22.7. The number of amides is 2. The van der Waals surface area contributed by atoms with Gasteiger partial charge in [0.25, 0.3) is 0 Å². The van der Waals surface area contributed by atoms with Crippen molar-refractivity contribution in [1.29, 1.82) is 0 Å². The summed E-state index contributed by atoms with van der Waals surface area (Å²) in [5.74, 6) is 1.25. The molecule has 1 N–H and O–H groups in total. The van der Waals surface area contributed by atoms with E-state index in [1.165, 1.54) is 32.1 Å². The van der Waals surface area contributed by atoms with Crippen LogP contribution in [0.1, 0.15) is 86.9 Å². The number of hydrogen-bond acceptors (Lipinski definition) is 4. The molecule has 2 amide bonds. The van der Waals surface area contributed by atoms with Crippen molar-refractivity contribution in [3.05, 3.63) is 28.7 Å².